The monoisotopic (exact) mass is 570 g/mol. The Morgan fingerprint density at radius 2 is 1.93 bits per heavy atom. The van der Waals surface area contributed by atoms with E-state index in [1.54, 1.807) is 50.5 Å². The van der Waals surface area contributed by atoms with Crippen LogP contribution in [0.25, 0.3) is 10.2 Å². The van der Waals surface area contributed by atoms with Crippen LogP contribution < -0.4 is 5.32 Å². The zero-order chi connectivity index (χ0) is 28.8. The van der Waals surface area contributed by atoms with Gasteiger partial charge in [-0.25, -0.2) is 13.8 Å². The standard InChI is InChI=1S/C29H32F2N4O4S/c1-16-14-35(23(12-29(16,30)31)18-7-8-24-22(9-18)33-15-40-24)27(38)26(37)34-19-10-20(17-5-6-17)21(32-13-19)11-25(36)39-28(2,3)4/h7-10,13,15-17,23H,5-6,11-12,14H2,1-4H3,(H,34,37)/t16-,23-/m1/s1. The number of hydrogen-bond acceptors (Lipinski definition) is 7. The number of rotatable bonds is 5. The van der Waals surface area contributed by atoms with Crippen LogP contribution in [-0.4, -0.2) is 50.7 Å². The number of hydrogen-bond donors (Lipinski definition) is 1. The molecule has 212 valence electrons. The molecule has 0 radical (unpaired) electrons. The molecule has 1 aliphatic carbocycles. The van der Waals surface area contributed by atoms with E-state index in [0.717, 1.165) is 23.1 Å². The summed E-state index contributed by atoms with van der Waals surface area (Å²) in [4.78, 5) is 48.8. The number of fused-ring (bicyclic) bond motifs is 1. The predicted octanol–water partition coefficient (Wildman–Crippen LogP) is 5.64. The molecule has 40 heavy (non-hydrogen) atoms. The van der Waals surface area contributed by atoms with E-state index in [0.29, 0.717) is 22.5 Å². The van der Waals surface area contributed by atoms with Crippen molar-refractivity contribution in [2.45, 2.75) is 76.9 Å². The molecule has 2 atom stereocenters. The van der Waals surface area contributed by atoms with Gasteiger partial charge < -0.3 is 15.0 Å². The van der Waals surface area contributed by atoms with Crippen molar-refractivity contribution in [1.82, 2.24) is 14.9 Å². The van der Waals surface area contributed by atoms with Gasteiger partial charge in [0.25, 0.3) is 5.92 Å². The van der Waals surface area contributed by atoms with Crippen LogP contribution in [-0.2, 0) is 25.5 Å². The second-order valence-corrected chi connectivity index (χ2v) is 12.6. The Morgan fingerprint density at radius 1 is 1.18 bits per heavy atom. The minimum Gasteiger partial charge on any atom is -0.460 e. The number of benzene rings is 1. The number of halogens is 2. The van der Waals surface area contributed by atoms with Gasteiger partial charge in [0.05, 0.1) is 45.8 Å². The lowest BCUT2D eigenvalue weighted by Gasteiger charge is -2.42. The first kappa shape index (κ1) is 28.1. The van der Waals surface area contributed by atoms with E-state index < -0.39 is 47.7 Å². The van der Waals surface area contributed by atoms with Crippen molar-refractivity contribution in [2.75, 3.05) is 11.9 Å². The number of carbonyl (C=O) groups excluding carboxylic acids is 3. The fourth-order valence-electron chi connectivity index (χ4n) is 5.03. The number of nitrogens with one attached hydrogen (secondary N) is 1. The molecule has 0 unspecified atom stereocenters. The maximum absolute atomic E-state index is 14.8. The number of ether oxygens (including phenoxy) is 1. The molecule has 2 amide bonds. The molecule has 2 aromatic heterocycles. The summed E-state index contributed by atoms with van der Waals surface area (Å²) < 4.78 is 36.0. The van der Waals surface area contributed by atoms with Crippen molar-refractivity contribution in [3.8, 4) is 0 Å². The van der Waals surface area contributed by atoms with E-state index in [2.05, 4.69) is 15.3 Å². The average molecular weight is 571 g/mol. The minimum absolute atomic E-state index is 0.00114. The highest BCUT2D eigenvalue weighted by atomic mass is 32.1. The zero-order valence-corrected chi connectivity index (χ0v) is 23.7. The Kier molecular flexibility index (Phi) is 7.37. The Bertz CT molecular complexity index is 1460. The highest BCUT2D eigenvalue weighted by Crippen LogP contribution is 2.44. The van der Waals surface area contributed by atoms with Crippen LogP contribution in [0.15, 0.2) is 36.0 Å². The van der Waals surface area contributed by atoms with Crippen molar-refractivity contribution < 1.29 is 27.9 Å². The number of nitrogens with zero attached hydrogens (tertiary/aromatic N) is 3. The second kappa shape index (κ2) is 10.5. The number of amides is 2. The van der Waals surface area contributed by atoms with E-state index in [1.165, 1.54) is 29.4 Å². The minimum atomic E-state index is -3.00. The van der Waals surface area contributed by atoms with E-state index in [9.17, 15) is 23.2 Å². The number of aromatic nitrogens is 2. The van der Waals surface area contributed by atoms with Crippen molar-refractivity contribution in [1.29, 1.82) is 0 Å². The van der Waals surface area contributed by atoms with Crippen LogP contribution in [0.4, 0.5) is 14.5 Å². The highest BCUT2D eigenvalue weighted by molar-refractivity contribution is 7.16. The SMILES string of the molecule is C[C@@H]1CN(C(=O)C(=O)Nc2cnc(CC(=O)OC(C)(C)C)c(C3CC3)c2)[C@@H](c2ccc3scnc3c2)CC1(F)F. The van der Waals surface area contributed by atoms with Gasteiger partial charge in [-0.15, -0.1) is 11.3 Å². The molecule has 11 heteroatoms. The van der Waals surface area contributed by atoms with Crippen LogP contribution in [0.1, 0.15) is 75.7 Å². The third-order valence-corrected chi connectivity index (χ3v) is 8.05. The van der Waals surface area contributed by atoms with Crippen molar-refractivity contribution in [3.63, 3.8) is 0 Å². The van der Waals surface area contributed by atoms with E-state index in [1.807, 2.05) is 0 Å². The maximum Gasteiger partial charge on any atom is 0.313 e. The Balaban J connectivity index is 1.35. The summed E-state index contributed by atoms with van der Waals surface area (Å²) in [6.07, 6.45) is 2.68. The van der Waals surface area contributed by atoms with Crippen molar-refractivity contribution >= 4 is 45.0 Å². The molecule has 0 spiro atoms. The lowest BCUT2D eigenvalue weighted by atomic mass is 9.86. The van der Waals surface area contributed by atoms with Crippen LogP contribution in [0, 0.1) is 5.92 Å². The number of likely N-dealkylation sites (tertiary alicyclic amines) is 1. The molecule has 2 aliphatic rings. The number of carbonyl (C=O) groups is 3. The lowest BCUT2D eigenvalue weighted by molar-refractivity contribution is -0.159. The Morgan fingerprint density at radius 3 is 2.62 bits per heavy atom. The second-order valence-electron chi connectivity index (χ2n) is 11.7. The molecule has 5 rings (SSSR count). The molecule has 1 saturated heterocycles. The zero-order valence-electron chi connectivity index (χ0n) is 22.9. The first-order chi connectivity index (χ1) is 18.8. The Labute approximate surface area is 235 Å². The third kappa shape index (κ3) is 6.14. The van der Waals surface area contributed by atoms with Gasteiger partial charge in [0.2, 0.25) is 0 Å². The maximum atomic E-state index is 14.8. The molecule has 0 bridgehead atoms. The largest absolute Gasteiger partial charge is 0.460 e. The summed E-state index contributed by atoms with van der Waals surface area (Å²) >= 11 is 1.43. The van der Waals surface area contributed by atoms with Gasteiger partial charge in [0.1, 0.15) is 5.60 Å². The van der Waals surface area contributed by atoms with E-state index >= 15 is 0 Å². The third-order valence-electron chi connectivity index (χ3n) is 7.24. The normalized spacial score (nSPS) is 20.8. The first-order valence-electron chi connectivity index (χ1n) is 13.3. The summed E-state index contributed by atoms with van der Waals surface area (Å²) in [7, 11) is 0. The van der Waals surface area contributed by atoms with E-state index in [4.69, 9.17) is 4.74 Å². The van der Waals surface area contributed by atoms with Crippen molar-refractivity contribution in [3.05, 3.63) is 52.8 Å². The summed E-state index contributed by atoms with van der Waals surface area (Å²) in [6.45, 7) is 6.50. The molecular formula is C29H32F2N4O4S. The molecule has 3 heterocycles. The highest BCUT2D eigenvalue weighted by Gasteiger charge is 2.48. The van der Waals surface area contributed by atoms with Gasteiger partial charge in [-0.1, -0.05) is 13.0 Å². The van der Waals surface area contributed by atoms with Gasteiger partial charge in [-0.3, -0.25) is 19.4 Å². The van der Waals surface area contributed by atoms with Gasteiger partial charge in [-0.2, -0.15) is 0 Å². The molecule has 1 saturated carbocycles. The number of alkyl halides is 2. The molecule has 8 nitrogen and oxygen atoms in total. The topological polar surface area (TPSA) is 101 Å². The quantitative estimate of drug-likeness (QED) is 0.315. The smallest absolute Gasteiger partial charge is 0.313 e. The predicted molar refractivity (Wildman–Crippen MR) is 147 cm³/mol. The average Bonchev–Trinajstić information content (AvgIpc) is 3.61. The molecular weight excluding hydrogens is 538 g/mol. The van der Waals surface area contributed by atoms with Crippen LogP contribution in [0.5, 0.6) is 0 Å². The molecule has 3 aromatic rings. The fraction of sp³-hybridized carbons (Fsp3) is 0.483. The van der Waals surface area contributed by atoms with Crippen LogP contribution in [0.2, 0.25) is 0 Å². The molecule has 1 N–H and O–H groups in total. The lowest BCUT2D eigenvalue weighted by Crippen LogP contribution is -2.52. The number of esters is 1. The van der Waals surface area contributed by atoms with Crippen LogP contribution in [0.3, 0.4) is 0 Å². The van der Waals surface area contributed by atoms with Gasteiger partial charge in [-0.05, 0) is 68.9 Å². The van der Waals surface area contributed by atoms with Gasteiger partial charge in [0, 0.05) is 18.9 Å². The first-order valence-corrected chi connectivity index (χ1v) is 14.2. The molecule has 1 aromatic carbocycles. The van der Waals surface area contributed by atoms with Crippen molar-refractivity contribution in [2.24, 2.45) is 5.92 Å². The molecule has 1 aliphatic heterocycles. The van der Waals surface area contributed by atoms with Crippen LogP contribution >= 0.6 is 11.3 Å². The summed E-state index contributed by atoms with van der Waals surface area (Å²) in [6, 6.07) is 5.97. The van der Waals surface area contributed by atoms with E-state index in [-0.39, 0.29) is 18.9 Å². The number of anilines is 1. The summed E-state index contributed by atoms with van der Waals surface area (Å²) in [5.74, 6) is -6.11. The summed E-state index contributed by atoms with van der Waals surface area (Å²) in [5.41, 5.74) is 3.93. The van der Waals surface area contributed by atoms with Gasteiger partial charge in [0.15, 0.2) is 0 Å². The van der Waals surface area contributed by atoms with Gasteiger partial charge >= 0.3 is 17.8 Å². The molecule has 2 fully saturated rings. The number of thiazole rings is 1. The Hall–Kier alpha value is -3.47. The fourth-order valence-corrected chi connectivity index (χ4v) is 5.69. The number of piperidine rings is 1. The summed E-state index contributed by atoms with van der Waals surface area (Å²) in [5, 5.41) is 2.61. The number of pyridine rings is 1.